The molecule has 0 amide bonds. The molecular weight excluding hydrogens is 245 g/mol. The number of nitrogens with zero attached hydrogens (tertiary/aromatic N) is 1. The monoisotopic (exact) mass is 267 g/mol. The number of morpholine rings is 1. The fourth-order valence-corrected chi connectivity index (χ4v) is 2.50. The molecule has 0 radical (unpaired) electrons. The van der Waals surface area contributed by atoms with Crippen molar-refractivity contribution in [2.45, 2.75) is 45.9 Å². The van der Waals surface area contributed by atoms with Crippen LogP contribution in [0.15, 0.2) is 12.1 Å². The summed E-state index contributed by atoms with van der Waals surface area (Å²) in [6, 6.07) is 3.49. The fourth-order valence-electron chi connectivity index (χ4n) is 2.50. The first-order chi connectivity index (χ1) is 8.90. The summed E-state index contributed by atoms with van der Waals surface area (Å²) in [7, 11) is 0. The highest BCUT2D eigenvalue weighted by molar-refractivity contribution is 5.57. The van der Waals surface area contributed by atoms with Crippen LogP contribution < -0.4 is 4.90 Å². The van der Waals surface area contributed by atoms with Gasteiger partial charge in [0, 0.05) is 23.8 Å². The number of benzene rings is 1. The van der Waals surface area contributed by atoms with E-state index in [9.17, 15) is 9.50 Å². The Hall–Kier alpha value is -1.13. The van der Waals surface area contributed by atoms with Crippen molar-refractivity contribution in [2.75, 3.05) is 18.1 Å². The Labute approximate surface area is 114 Å². The molecule has 1 aromatic carbocycles. The van der Waals surface area contributed by atoms with Crippen LogP contribution >= 0.6 is 0 Å². The van der Waals surface area contributed by atoms with E-state index in [1.165, 1.54) is 6.07 Å². The van der Waals surface area contributed by atoms with Crippen molar-refractivity contribution in [1.29, 1.82) is 0 Å². The molecule has 0 bridgehead atoms. The number of hydrogen-bond acceptors (Lipinski definition) is 3. The molecule has 1 saturated heterocycles. The third-order valence-electron chi connectivity index (χ3n) is 3.68. The second kappa shape index (κ2) is 5.47. The Morgan fingerprint density at radius 1 is 1.42 bits per heavy atom. The molecule has 19 heavy (non-hydrogen) atoms. The maximum Gasteiger partial charge on any atom is 0.126 e. The summed E-state index contributed by atoms with van der Waals surface area (Å²) in [4.78, 5) is 2.20. The lowest BCUT2D eigenvalue weighted by Gasteiger charge is -2.40. The van der Waals surface area contributed by atoms with Gasteiger partial charge in [0.25, 0.3) is 0 Å². The van der Waals surface area contributed by atoms with E-state index in [4.69, 9.17) is 4.74 Å². The summed E-state index contributed by atoms with van der Waals surface area (Å²) in [6.45, 7) is 8.93. The van der Waals surface area contributed by atoms with Crippen molar-refractivity contribution in [1.82, 2.24) is 0 Å². The number of rotatable bonds is 2. The van der Waals surface area contributed by atoms with E-state index in [0.717, 1.165) is 12.2 Å². The van der Waals surface area contributed by atoms with Crippen LogP contribution in [0.3, 0.4) is 0 Å². The molecule has 0 spiro atoms. The van der Waals surface area contributed by atoms with Crippen LogP contribution in [-0.4, -0.2) is 30.4 Å². The van der Waals surface area contributed by atoms with Crippen LogP contribution in [0.25, 0.3) is 0 Å². The lowest BCUT2D eigenvalue weighted by Crippen LogP contribution is -2.47. The average molecular weight is 267 g/mol. The smallest absolute Gasteiger partial charge is 0.126 e. The van der Waals surface area contributed by atoms with Gasteiger partial charge in [0.05, 0.1) is 18.8 Å². The van der Waals surface area contributed by atoms with Gasteiger partial charge in [0.2, 0.25) is 0 Å². The van der Waals surface area contributed by atoms with Gasteiger partial charge in [-0.25, -0.2) is 4.39 Å². The van der Waals surface area contributed by atoms with Crippen LogP contribution in [0.5, 0.6) is 0 Å². The van der Waals surface area contributed by atoms with Gasteiger partial charge < -0.3 is 14.7 Å². The average Bonchev–Trinajstić information content (AvgIpc) is 2.35. The van der Waals surface area contributed by atoms with E-state index in [0.29, 0.717) is 17.7 Å². The van der Waals surface area contributed by atoms with Crippen LogP contribution in [0.2, 0.25) is 0 Å². The van der Waals surface area contributed by atoms with E-state index in [1.54, 1.807) is 13.8 Å². The molecular formula is C15H22FNO2. The standard InChI is InChI=1S/C15H22FNO2/c1-9-5-15(13(12(4)18)6-14(9)16)17-7-11(3)19-8-10(17)2/h5-6,10-12,18H,7-8H2,1-4H3/t10?,11?,12-/m1/s1. The van der Waals surface area contributed by atoms with Crippen LogP contribution in [-0.2, 0) is 4.74 Å². The van der Waals surface area contributed by atoms with E-state index >= 15 is 0 Å². The molecule has 1 aromatic rings. The van der Waals surface area contributed by atoms with Gasteiger partial charge >= 0.3 is 0 Å². The number of aryl methyl sites for hydroxylation is 1. The highest BCUT2D eigenvalue weighted by atomic mass is 19.1. The maximum absolute atomic E-state index is 13.7. The van der Waals surface area contributed by atoms with Crippen molar-refractivity contribution in [3.8, 4) is 0 Å². The van der Waals surface area contributed by atoms with Crippen LogP contribution in [0.1, 0.15) is 38.0 Å². The third kappa shape index (κ3) is 2.90. The van der Waals surface area contributed by atoms with Gasteiger partial charge in [-0.05, 0) is 45.4 Å². The van der Waals surface area contributed by atoms with Gasteiger partial charge in [-0.3, -0.25) is 0 Å². The predicted molar refractivity (Wildman–Crippen MR) is 74.0 cm³/mol. The van der Waals surface area contributed by atoms with Gasteiger partial charge in [-0.1, -0.05) is 0 Å². The van der Waals surface area contributed by atoms with E-state index < -0.39 is 6.10 Å². The molecule has 4 heteroatoms. The van der Waals surface area contributed by atoms with Crippen molar-refractivity contribution in [3.63, 3.8) is 0 Å². The number of aliphatic hydroxyl groups excluding tert-OH is 1. The molecule has 1 heterocycles. The highest BCUT2D eigenvalue weighted by Crippen LogP contribution is 2.32. The second-order valence-electron chi connectivity index (χ2n) is 5.48. The summed E-state index contributed by atoms with van der Waals surface area (Å²) in [5, 5.41) is 9.88. The normalized spacial score (nSPS) is 25.5. The van der Waals surface area contributed by atoms with Gasteiger partial charge in [-0.15, -0.1) is 0 Å². The van der Waals surface area contributed by atoms with E-state index in [2.05, 4.69) is 11.8 Å². The number of ether oxygens (including phenoxy) is 1. The highest BCUT2D eigenvalue weighted by Gasteiger charge is 2.26. The molecule has 2 rings (SSSR count). The Bertz CT molecular complexity index is 462. The van der Waals surface area contributed by atoms with Crippen LogP contribution in [0, 0.1) is 12.7 Å². The molecule has 1 aliphatic rings. The third-order valence-corrected chi connectivity index (χ3v) is 3.68. The van der Waals surface area contributed by atoms with Crippen molar-refractivity contribution in [2.24, 2.45) is 0 Å². The number of hydrogen-bond donors (Lipinski definition) is 1. The topological polar surface area (TPSA) is 32.7 Å². The minimum Gasteiger partial charge on any atom is -0.389 e. The first-order valence-electron chi connectivity index (χ1n) is 6.76. The summed E-state index contributed by atoms with van der Waals surface area (Å²) >= 11 is 0. The SMILES string of the molecule is Cc1cc(N2CC(C)OCC2C)c([C@@H](C)O)cc1F. The zero-order chi connectivity index (χ0) is 14.2. The Morgan fingerprint density at radius 2 is 2.11 bits per heavy atom. The zero-order valence-electron chi connectivity index (χ0n) is 12.0. The maximum atomic E-state index is 13.7. The summed E-state index contributed by atoms with van der Waals surface area (Å²) < 4.78 is 19.3. The minimum absolute atomic E-state index is 0.142. The van der Waals surface area contributed by atoms with Gasteiger partial charge in [0.1, 0.15) is 5.82 Å². The number of halogens is 1. The van der Waals surface area contributed by atoms with Gasteiger partial charge in [0.15, 0.2) is 0 Å². The molecule has 1 aliphatic heterocycles. The van der Waals surface area contributed by atoms with E-state index in [1.807, 2.05) is 13.0 Å². The lowest BCUT2D eigenvalue weighted by atomic mass is 10.0. The van der Waals surface area contributed by atoms with E-state index in [-0.39, 0.29) is 18.0 Å². The lowest BCUT2D eigenvalue weighted by molar-refractivity contribution is 0.0341. The van der Waals surface area contributed by atoms with Crippen molar-refractivity contribution < 1.29 is 14.2 Å². The molecule has 2 unspecified atom stereocenters. The Balaban J connectivity index is 2.44. The molecule has 0 aliphatic carbocycles. The van der Waals surface area contributed by atoms with Crippen LogP contribution in [0.4, 0.5) is 10.1 Å². The van der Waals surface area contributed by atoms with Crippen molar-refractivity contribution >= 4 is 5.69 Å². The quantitative estimate of drug-likeness (QED) is 0.894. The fraction of sp³-hybridized carbons (Fsp3) is 0.600. The molecule has 106 valence electrons. The predicted octanol–water partition coefficient (Wildman–Crippen LogP) is 2.80. The Kier molecular flexibility index (Phi) is 4.11. The molecule has 0 aromatic heterocycles. The largest absolute Gasteiger partial charge is 0.389 e. The molecule has 1 N–H and O–H groups in total. The summed E-state index contributed by atoms with van der Waals surface area (Å²) in [6.07, 6.45) is -0.543. The second-order valence-corrected chi connectivity index (χ2v) is 5.48. The molecule has 3 atom stereocenters. The zero-order valence-corrected chi connectivity index (χ0v) is 12.0. The van der Waals surface area contributed by atoms with Gasteiger partial charge in [-0.2, -0.15) is 0 Å². The molecule has 1 fully saturated rings. The first kappa shape index (κ1) is 14.3. The summed E-state index contributed by atoms with van der Waals surface area (Å²) in [5.74, 6) is -0.270. The number of anilines is 1. The molecule has 3 nitrogen and oxygen atoms in total. The first-order valence-corrected chi connectivity index (χ1v) is 6.76. The summed E-state index contributed by atoms with van der Waals surface area (Å²) in [5.41, 5.74) is 2.16. The van der Waals surface area contributed by atoms with Crippen molar-refractivity contribution in [3.05, 3.63) is 29.1 Å². The minimum atomic E-state index is -0.685. The number of aliphatic hydroxyl groups is 1. The Morgan fingerprint density at radius 3 is 2.74 bits per heavy atom. The molecule has 0 saturated carbocycles.